The Kier molecular flexibility index (Phi) is 5.36. The van der Waals surface area contributed by atoms with Gasteiger partial charge in [0.2, 0.25) is 5.91 Å². The van der Waals surface area contributed by atoms with E-state index in [2.05, 4.69) is 26.9 Å². The van der Waals surface area contributed by atoms with Gasteiger partial charge in [0.15, 0.2) is 0 Å². The zero-order valence-corrected chi connectivity index (χ0v) is 18.0. The molecule has 0 atom stereocenters. The first kappa shape index (κ1) is 20.1. The smallest absolute Gasteiger partial charge is 0.227 e. The summed E-state index contributed by atoms with van der Waals surface area (Å²) in [6, 6.07) is 8.20. The maximum absolute atomic E-state index is 12.9. The molecular weight excluding hydrogens is 374 g/mol. The molecule has 30 heavy (non-hydrogen) atoms. The Morgan fingerprint density at radius 2 is 1.67 bits per heavy atom. The first-order chi connectivity index (χ1) is 14.5. The van der Waals surface area contributed by atoms with E-state index in [1.807, 2.05) is 18.3 Å². The van der Waals surface area contributed by atoms with Gasteiger partial charge in [0.05, 0.1) is 12.0 Å². The Morgan fingerprint density at radius 1 is 0.967 bits per heavy atom. The minimum Gasteiger partial charge on any atom is -0.389 e. The van der Waals surface area contributed by atoms with Crippen LogP contribution in [0.1, 0.15) is 56.9 Å². The van der Waals surface area contributed by atoms with Gasteiger partial charge < -0.3 is 19.9 Å². The lowest BCUT2D eigenvalue weighted by Gasteiger charge is -2.49. The van der Waals surface area contributed by atoms with Crippen molar-refractivity contribution in [2.75, 3.05) is 32.7 Å². The van der Waals surface area contributed by atoms with E-state index >= 15 is 0 Å². The Balaban J connectivity index is 1.14. The molecule has 5 heteroatoms. The first-order valence-corrected chi connectivity index (χ1v) is 11.8. The quantitative estimate of drug-likeness (QED) is 0.809. The van der Waals surface area contributed by atoms with E-state index in [4.69, 9.17) is 0 Å². The van der Waals surface area contributed by atoms with Crippen molar-refractivity contribution in [2.24, 2.45) is 5.41 Å². The van der Waals surface area contributed by atoms with Gasteiger partial charge in [-0.1, -0.05) is 18.2 Å². The molecule has 2 aromatic rings. The van der Waals surface area contributed by atoms with Crippen molar-refractivity contribution in [1.29, 1.82) is 0 Å². The summed E-state index contributed by atoms with van der Waals surface area (Å²) >= 11 is 0. The molecule has 1 amide bonds. The highest BCUT2D eigenvalue weighted by molar-refractivity contribution is 5.88. The summed E-state index contributed by atoms with van der Waals surface area (Å²) in [5, 5.41) is 12.3. The van der Waals surface area contributed by atoms with Crippen molar-refractivity contribution in [3.8, 4) is 0 Å². The van der Waals surface area contributed by atoms with Gasteiger partial charge in [0.1, 0.15) is 0 Å². The fraction of sp³-hybridized carbons (Fsp3) is 0.640. The number of β-amino-alcohol motifs (C(OH)–C–C–N with tert-alkyl or cyclic N) is 1. The number of carbonyl (C=O) groups excluding carboxylic acids is 1. The van der Waals surface area contributed by atoms with Gasteiger partial charge in [-0.15, -0.1) is 0 Å². The van der Waals surface area contributed by atoms with Gasteiger partial charge in [-0.3, -0.25) is 4.79 Å². The molecule has 0 bridgehead atoms. The number of nitrogens with one attached hydrogen (secondary N) is 1. The van der Waals surface area contributed by atoms with Crippen LogP contribution < -0.4 is 0 Å². The summed E-state index contributed by atoms with van der Waals surface area (Å²) in [5.41, 5.74) is 2.05. The van der Waals surface area contributed by atoms with E-state index < -0.39 is 5.60 Å². The largest absolute Gasteiger partial charge is 0.389 e. The zero-order valence-electron chi connectivity index (χ0n) is 18.0. The number of aromatic nitrogens is 1. The SMILES string of the molecule is O=C(Cc1c[nH]c2ccccc12)N1CCC2(CC1)CCC(O)(CN1CCCC1)CC2. The van der Waals surface area contributed by atoms with E-state index in [1.165, 1.54) is 12.8 Å². The minimum atomic E-state index is -0.488. The molecule has 1 aromatic heterocycles. The standard InChI is InChI=1S/C25H35N3O2/c29-23(17-20-18-26-22-6-2-1-5-21(20)22)28-15-11-24(12-16-28)7-9-25(30,10-8-24)19-27-13-3-4-14-27/h1-2,5-6,18,26,30H,3-4,7-17,19H2. The number of hydrogen-bond donors (Lipinski definition) is 2. The number of likely N-dealkylation sites (tertiary alicyclic amines) is 2. The molecule has 0 unspecified atom stereocenters. The average molecular weight is 410 g/mol. The maximum atomic E-state index is 12.9. The molecule has 0 radical (unpaired) electrons. The second-order valence-corrected chi connectivity index (χ2v) is 10.1. The van der Waals surface area contributed by atoms with Gasteiger partial charge in [-0.05, 0) is 81.5 Å². The number of aromatic amines is 1. The predicted molar refractivity (Wildman–Crippen MR) is 119 cm³/mol. The third kappa shape index (κ3) is 4.02. The van der Waals surface area contributed by atoms with Gasteiger partial charge in [-0.25, -0.2) is 0 Å². The van der Waals surface area contributed by atoms with Crippen LogP contribution >= 0.6 is 0 Å². The maximum Gasteiger partial charge on any atom is 0.227 e. The number of amides is 1. The molecule has 5 rings (SSSR count). The van der Waals surface area contributed by atoms with Crippen LogP contribution in [0.15, 0.2) is 30.5 Å². The van der Waals surface area contributed by atoms with Gasteiger partial charge in [0.25, 0.3) is 0 Å². The molecule has 3 fully saturated rings. The Hall–Kier alpha value is -1.85. The number of nitrogens with zero attached hydrogens (tertiary/aromatic N) is 2. The molecule has 1 aliphatic carbocycles. The van der Waals surface area contributed by atoms with Crippen LogP contribution in [0.3, 0.4) is 0 Å². The Bertz CT molecular complexity index is 881. The number of hydrogen-bond acceptors (Lipinski definition) is 3. The molecule has 2 N–H and O–H groups in total. The van der Waals surface area contributed by atoms with Crippen LogP contribution in [0.5, 0.6) is 0 Å². The molecule has 3 aliphatic rings. The summed E-state index contributed by atoms with van der Waals surface area (Å²) in [7, 11) is 0. The lowest BCUT2D eigenvalue weighted by molar-refractivity contribution is -0.134. The highest BCUT2D eigenvalue weighted by Crippen LogP contribution is 2.48. The molecule has 1 aromatic carbocycles. The number of fused-ring (bicyclic) bond motifs is 1. The molecule has 1 saturated carbocycles. The number of H-pyrrole nitrogens is 1. The van der Waals surface area contributed by atoms with Crippen molar-refractivity contribution in [2.45, 2.75) is 63.4 Å². The molecule has 1 spiro atoms. The summed E-state index contributed by atoms with van der Waals surface area (Å²) in [5.74, 6) is 0.246. The van der Waals surface area contributed by atoms with Crippen molar-refractivity contribution < 1.29 is 9.90 Å². The summed E-state index contributed by atoms with van der Waals surface area (Å²) in [6.45, 7) is 4.90. The molecule has 2 aliphatic heterocycles. The minimum absolute atomic E-state index is 0.246. The lowest BCUT2D eigenvalue weighted by Crippen LogP contribution is -2.50. The second-order valence-electron chi connectivity index (χ2n) is 10.1. The Morgan fingerprint density at radius 3 is 2.40 bits per heavy atom. The van der Waals surface area contributed by atoms with Crippen molar-refractivity contribution >= 4 is 16.8 Å². The van der Waals surface area contributed by atoms with Crippen molar-refractivity contribution in [3.63, 3.8) is 0 Å². The van der Waals surface area contributed by atoms with Gasteiger partial charge >= 0.3 is 0 Å². The second kappa shape index (κ2) is 8.01. The summed E-state index contributed by atoms with van der Waals surface area (Å²) in [6.07, 6.45) is 11.3. The van der Waals surface area contributed by atoms with Crippen LogP contribution in [-0.2, 0) is 11.2 Å². The van der Waals surface area contributed by atoms with Crippen LogP contribution in [0, 0.1) is 5.41 Å². The predicted octanol–water partition coefficient (Wildman–Crippen LogP) is 3.72. The lowest BCUT2D eigenvalue weighted by atomic mass is 9.64. The van der Waals surface area contributed by atoms with E-state index in [0.29, 0.717) is 11.8 Å². The monoisotopic (exact) mass is 409 g/mol. The van der Waals surface area contributed by atoms with E-state index in [9.17, 15) is 9.90 Å². The number of piperidine rings is 1. The normalized spacial score (nSPS) is 24.0. The number of para-hydroxylation sites is 1. The third-order valence-corrected chi connectivity index (χ3v) is 8.15. The van der Waals surface area contributed by atoms with Crippen LogP contribution in [0.2, 0.25) is 0 Å². The fourth-order valence-corrected chi connectivity index (χ4v) is 6.04. The first-order valence-electron chi connectivity index (χ1n) is 11.8. The number of benzene rings is 1. The van der Waals surface area contributed by atoms with Crippen molar-refractivity contribution in [3.05, 3.63) is 36.0 Å². The third-order valence-electron chi connectivity index (χ3n) is 8.15. The highest BCUT2D eigenvalue weighted by atomic mass is 16.3. The van der Waals surface area contributed by atoms with E-state index in [1.54, 1.807) is 0 Å². The van der Waals surface area contributed by atoms with Gasteiger partial charge in [0, 0.05) is 36.7 Å². The highest BCUT2D eigenvalue weighted by Gasteiger charge is 2.44. The van der Waals surface area contributed by atoms with E-state index in [-0.39, 0.29) is 5.91 Å². The van der Waals surface area contributed by atoms with Crippen molar-refractivity contribution in [1.82, 2.24) is 14.8 Å². The average Bonchev–Trinajstić information content (AvgIpc) is 3.41. The number of rotatable bonds is 4. The number of aliphatic hydroxyl groups is 1. The molecular formula is C25H35N3O2. The van der Waals surface area contributed by atoms with Crippen LogP contribution in [0.25, 0.3) is 10.9 Å². The molecule has 2 saturated heterocycles. The van der Waals surface area contributed by atoms with Crippen LogP contribution in [0.4, 0.5) is 0 Å². The summed E-state index contributed by atoms with van der Waals surface area (Å²) < 4.78 is 0. The van der Waals surface area contributed by atoms with E-state index in [0.717, 1.165) is 87.7 Å². The fourth-order valence-electron chi connectivity index (χ4n) is 6.04. The van der Waals surface area contributed by atoms with Crippen LogP contribution in [-0.4, -0.2) is 64.1 Å². The summed E-state index contributed by atoms with van der Waals surface area (Å²) in [4.78, 5) is 20.7. The Labute approximate surface area is 179 Å². The molecule has 5 nitrogen and oxygen atoms in total. The number of carbonyl (C=O) groups is 1. The molecule has 3 heterocycles. The zero-order chi connectivity index (χ0) is 20.6. The molecule has 162 valence electrons. The van der Waals surface area contributed by atoms with Gasteiger partial charge in [-0.2, -0.15) is 0 Å². The topological polar surface area (TPSA) is 59.6 Å².